The lowest BCUT2D eigenvalue weighted by Crippen LogP contribution is -2.01. The maximum Gasteiger partial charge on any atom is 0.220 e. The second kappa shape index (κ2) is 7.79. The Balaban J connectivity index is 2.43. The third kappa shape index (κ3) is 3.83. The highest BCUT2D eigenvalue weighted by molar-refractivity contribution is 9.10. The number of rotatable bonds is 5. The monoisotopic (exact) mass is 390 g/mol. The minimum atomic E-state index is -0.628. The summed E-state index contributed by atoms with van der Waals surface area (Å²) in [5.74, 6) is -0.0810. The Morgan fingerprint density at radius 2 is 1.92 bits per heavy atom. The van der Waals surface area contributed by atoms with E-state index < -0.39 is 17.0 Å². The highest BCUT2D eigenvalue weighted by Crippen LogP contribution is 2.31. The van der Waals surface area contributed by atoms with Gasteiger partial charge in [-0.15, -0.1) is 0 Å². The Labute approximate surface area is 147 Å². The van der Waals surface area contributed by atoms with Gasteiger partial charge in [-0.1, -0.05) is 28.1 Å². The quantitative estimate of drug-likeness (QED) is 0.625. The van der Waals surface area contributed by atoms with Crippen molar-refractivity contribution in [2.24, 2.45) is 0 Å². The fourth-order valence-electron chi connectivity index (χ4n) is 2.11. The summed E-state index contributed by atoms with van der Waals surface area (Å²) in [5, 5.41) is 9.90. The largest absolute Gasteiger partial charge is 0.504 e. The van der Waals surface area contributed by atoms with Crippen LogP contribution < -0.4 is 14.9 Å². The van der Waals surface area contributed by atoms with Gasteiger partial charge in [0.15, 0.2) is 23.0 Å². The number of halogens is 1. The first kappa shape index (κ1) is 17.7. The first-order valence-corrected chi connectivity index (χ1v) is 7.73. The summed E-state index contributed by atoms with van der Waals surface area (Å²) in [4.78, 5) is 24.0. The molecule has 0 aromatic heterocycles. The number of hydrogen-bond acceptors (Lipinski definition) is 5. The third-order valence-electron chi connectivity index (χ3n) is 3.28. The number of benzene rings is 1. The zero-order valence-electron chi connectivity index (χ0n) is 13.1. The molecule has 0 aliphatic heterocycles. The second-order valence-electron chi connectivity index (χ2n) is 4.77. The van der Waals surface area contributed by atoms with Crippen molar-refractivity contribution in [1.82, 2.24) is 0 Å². The molecule has 24 heavy (non-hydrogen) atoms. The normalized spacial score (nSPS) is 10.6. The van der Waals surface area contributed by atoms with Gasteiger partial charge in [-0.3, -0.25) is 9.59 Å². The number of ether oxygens (including phenoxy) is 2. The fourth-order valence-corrected chi connectivity index (χ4v) is 2.47. The maximum absolute atomic E-state index is 12.4. The van der Waals surface area contributed by atoms with Crippen molar-refractivity contribution in [3.8, 4) is 17.2 Å². The fraction of sp³-hybridized carbons (Fsp3) is 0.111. The first-order chi connectivity index (χ1) is 11.5. The number of ketones is 1. The summed E-state index contributed by atoms with van der Waals surface area (Å²) in [7, 11) is 3.02. The predicted octanol–water partition coefficient (Wildman–Crippen LogP) is 3.43. The Kier molecular flexibility index (Phi) is 5.76. The molecule has 0 bridgehead atoms. The number of methoxy groups -OCH3 is 2. The number of hydrogen-bond donors (Lipinski definition) is 1. The van der Waals surface area contributed by atoms with E-state index in [-0.39, 0.29) is 5.56 Å². The van der Waals surface area contributed by atoms with Gasteiger partial charge in [0.25, 0.3) is 0 Å². The van der Waals surface area contributed by atoms with Gasteiger partial charge in [0.1, 0.15) is 0 Å². The average molecular weight is 391 g/mol. The van der Waals surface area contributed by atoms with Crippen LogP contribution in [0.3, 0.4) is 0 Å². The van der Waals surface area contributed by atoms with Crippen LogP contribution in [-0.4, -0.2) is 25.1 Å². The number of carbonyl (C=O) groups is 1. The van der Waals surface area contributed by atoms with Crippen LogP contribution >= 0.6 is 15.9 Å². The summed E-state index contributed by atoms with van der Waals surface area (Å²) in [6, 6.07) is 9.30. The van der Waals surface area contributed by atoms with E-state index in [1.165, 1.54) is 44.6 Å². The molecule has 6 heteroatoms. The van der Waals surface area contributed by atoms with Gasteiger partial charge in [0.2, 0.25) is 5.43 Å². The van der Waals surface area contributed by atoms with E-state index in [0.717, 1.165) is 0 Å². The molecule has 0 unspecified atom stereocenters. The van der Waals surface area contributed by atoms with Crippen LogP contribution in [0.15, 0.2) is 51.7 Å². The molecule has 0 aliphatic rings. The SMILES string of the molecule is COc1cccc(C=CC(=O)c2cc(Br)ccc(=O)c2O)c1OC. The summed E-state index contributed by atoms with van der Waals surface area (Å²) < 4.78 is 11.0. The smallest absolute Gasteiger partial charge is 0.220 e. The van der Waals surface area contributed by atoms with Gasteiger partial charge in [-0.2, -0.15) is 0 Å². The Morgan fingerprint density at radius 3 is 2.58 bits per heavy atom. The zero-order chi connectivity index (χ0) is 17.7. The molecule has 0 fully saturated rings. The Morgan fingerprint density at radius 1 is 1.17 bits per heavy atom. The third-order valence-corrected chi connectivity index (χ3v) is 3.77. The van der Waals surface area contributed by atoms with Crippen molar-refractivity contribution in [1.29, 1.82) is 0 Å². The summed E-state index contributed by atoms with van der Waals surface area (Å²) >= 11 is 3.20. The highest BCUT2D eigenvalue weighted by atomic mass is 79.9. The topological polar surface area (TPSA) is 72.8 Å². The molecule has 0 spiro atoms. The van der Waals surface area contributed by atoms with Crippen LogP contribution in [0.2, 0.25) is 0 Å². The van der Waals surface area contributed by atoms with E-state index in [0.29, 0.717) is 21.5 Å². The molecule has 124 valence electrons. The maximum atomic E-state index is 12.4. The van der Waals surface area contributed by atoms with Gasteiger partial charge < -0.3 is 14.6 Å². The van der Waals surface area contributed by atoms with E-state index in [1.807, 2.05) is 0 Å². The zero-order valence-corrected chi connectivity index (χ0v) is 14.7. The molecule has 2 rings (SSSR count). The van der Waals surface area contributed by atoms with E-state index in [1.54, 1.807) is 18.2 Å². The first-order valence-electron chi connectivity index (χ1n) is 6.94. The molecule has 0 saturated carbocycles. The molecule has 0 radical (unpaired) electrons. The average Bonchev–Trinajstić information content (AvgIpc) is 2.72. The molecule has 2 aromatic rings. The number of carbonyl (C=O) groups excluding carboxylic acids is 1. The van der Waals surface area contributed by atoms with Crippen molar-refractivity contribution in [3.05, 3.63) is 68.3 Å². The highest BCUT2D eigenvalue weighted by Gasteiger charge is 2.12. The van der Waals surface area contributed by atoms with Crippen LogP contribution in [-0.2, 0) is 0 Å². The predicted molar refractivity (Wildman–Crippen MR) is 95.0 cm³/mol. The van der Waals surface area contributed by atoms with E-state index in [2.05, 4.69) is 15.9 Å². The van der Waals surface area contributed by atoms with Crippen LogP contribution in [0, 0.1) is 0 Å². The summed E-state index contributed by atoms with van der Waals surface area (Å²) in [6.45, 7) is 0. The molecule has 0 aliphatic carbocycles. The number of aromatic hydroxyl groups is 1. The number of para-hydroxylation sites is 1. The van der Waals surface area contributed by atoms with E-state index >= 15 is 0 Å². The molecule has 0 amide bonds. The van der Waals surface area contributed by atoms with Crippen molar-refractivity contribution in [2.45, 2.75) is 0 Å². The van der Waals surface area contributed by atoms with Gasteiger partial charge in [-0.05, 0) is 36.4 Å². The van der Waals surface area contributed by atoms with Crippen molar-refractivity contribution in [2.75, 3.05) is 14.2 Å². The molecule has 5 nitrogen and oxygen atoms in total. The second-order valence-corrected chi connectivity index (χ2v) is 5.69. The molecule has 0 heterocycles. The van der Waals surface area contributed by atoms with Gasteiger partial charge >= 0.3 is 0 Å². The van der Waals surface area contributed by atoms with E-state index in [9.17, 15) is 14.7 Å². The van der Waals surface area contributed by atoms with Crippen molar-refractivity contribution >= 4 is 27.8 Å². The standard InChI is InChI=1S/C18H15BrO5/c1-23-16-5-3-4-11(18(16)24-2)6-8-14(20)13-10-12(19)7-9-15(21)17(13)22/h3-10H,1-2H3,(H,21,22). The Hall–Kier alpha value is -2.60. The van der Waals surface area contributed by atoms with Crippen molar-refractivity contribution < 1.29 is 19.4 Å². The lowest BCUT2D eigenvalue weighted by atomic mass is 10.1. The van der Waals surface area contributed by atoms with E-state index in [4.69, 9.17) is 9.47 Å². The summed E-state index contributed by atoms with van der Waals surface area (Å²) in [5.41, 5.74) is -0.0854. The molecule has 0 atom stereocenters. The van der Waals surface area contributed by atoms with Gasteiger partial charge in [-0.25, -0.2) is 0 Å². The molecular formula is C18H15BrO5. The molecule has 0 saturated heterocycles. The minimum absolute atomic E-state index is 0.0880. The van der Waals surface area contributed by atoms with Crippen LogP contribution in [0.1, 0.15) is 15.9 Å². The Bertz CT molecular complexity index is 858. The lowest BCUT2D eigenvalue weighted by molar-refractivity contribution is 0.104. The minimum Gasteiger partial charge on any atom is -0.504 e. The molecule has 1 N–H and O–H groups in total. The van der Waals surface area contributed by atoms with Crippen LogP contribution in [0.25, 0.3) is 6.08 Å². The van der Waals surface area contributed by atoms with Crippen LogP contribution in [0.4, 0.5) is 0 Å². The number of allylic oxidation sites excluding steroid dienone is 1. The molecular weight excluding hydrogens is 376 g/mol. The van der Waals surface area contributed by atoms with Crippen LogP contribution in [0.5, 0.6) is 17.2 Å². The van der Waals surface area contributed by atoms with Gasteiger partial charge in [0, 0.05) is 10.0 Å². The molecule has 2 aromatic carbocycles. The van der Waals surface area contributed by atoms with Gasteiger partial charge in [0.05, 0.1) is 19.8 Å². The lowest BCUT2D eigenvalue weighted by Gasteiger charge is -2.09. The summed E-state index contributed by atoms with van der Waals surface area (Å²) in [6.07, 6.45) is 2.80. The van der Waals surface area contributed by atoms with Crippen molar-refractivity contribution in [3.63, 3.8) is 0 Å².